The Kier molecular flexibility index (Phi) is 7.64. The summed E-state index contributed by atoms with van der Waals surface area (Å²) in [6.07, 6.45) is -2.02. The average Bonchev–Trinajstić information content (AvgIpc) is 2.88. The second-order valence-electron chi connectivity index (χ2n) is 8.91. The van der Waals surface area contributed by atoms with Gasteiger partial charge in [-0.25, -0.2) is 4.52 Å². The molecule has 2 rings (SSSR count). The van der Waals surface area contributed by atoms with Crippen LogP contribution in [0.4, 0.5) is 13.2 Å². The quantitative estimate of drug-likeness (QED) is 0.609. The number of hydrogen-bond donors (Lipinski definition) is 0. The molecule has 4 nitrogen and oxygen atoms in total. The van der Waals surface area contributed by atoms with Crippen LogP contribution in [0.1, 0.15) is 77.6 Å². The molecular weight excluding hydrogens is 379 g/mol. The van der Waals surface area contributed by atoms with Gasteiger partial charge in [0, 0.05) is 24.6 Å². The number of aryl methyl sites for hydroxylation is 1. The van der Waals surface area contributed by atoms with Crippen LogP contribution in [0.5, 0.6) is 0 Å². The maximum absolute atomic E-state index is 12.3. The highest BCUT2D eigenvalue weighted by Gasteiger charge is 2.47. The number of carbonyl (C=O) groups excluding carboxylic acids is 1. The van der Waals surface area contributed by atoms with Gasteiger partial charge in [-0.3, -0.25) is 4.79 Å². The third-order valence-corrected chi connectivity index (χ3v) is 4.62. The molecule has 0 spiro atoms. The standard InChI is InChI=1S/C13H15N3.C9H15F3O/c1-9-12(13(2,3)4)11-7-10(8-14)5-6-16(11)15-9;1-4-5-7(13)6-8(2,3)9(10,11)12/h5-7H,1-4H3;4-6H2,1-3H3. The molecule has 0 saturated carbocycles. The lowest BCUT2D eigenvalue weighted by Gasteiger charge is -2.26. The number of carbonyl (C=O) groups is 1. The Labute approximate surface area is 170 Å². The lowest BCUT2D eigenvalue weighted by molar-refractivity contribution is -0.213. The van der Waals surface area contributed by atoms with Crippen molar-refractivity contribution in [3.8, 4) is 6.07 Å². The van der Waals surface area contributed by atoms with Gasteiger partial charge in [0.15, 0.2) is 0 Å². The highest BCUT2D eigenvalue weighted by Crippen LogP contribution is 2.40. The van der Waals surface area contributed by atoms with E-state index in [1.165, 1.54) is 5.56 Å². The van der Waals surface area contributed by atoms with Crippen molar-refractivity contribution in [3.05, 3.63) is 35.2 Å². The minimum Gasteiger partial charge on any atom is -0.300 e. The molecule has 0 saturated heterocycles. The lowest BCUT2D eigenvalue weighted by atomic mass is 9.85. The number of hydrogen-bond acceptors (Lipinski definition) is 3. The second kappa shape index (κ2) is 8.98. The Morgan fingerprint density at radius 3 is 2.24 bits per heavy atom. The average molecular weight is 409 g/mol. The van der Waals surface area contributed by atoms with Crippen LogP contribution in [-0.4, -0.2) is 21.6 Å². The van der Waals surface area contributed by atoms with E-state index in [1.54, 1.807) is 13.0 Å². The Hall–Kier alpha value is -2.36. The Balaban J connectivity index is 0.000000298. The van der Waals surface area contributed by atoms with E-state index >= 15 is 0 Å². The number of rotatable bonds is 4. The molecule has 0 radical (unpaired) electrons. The first kappa shape index (κ1) is 24.7. The van der Waals surface area contributed by atoms with Crippen LogP contribution in [0.2, 0.25) is 0 Å². The molecule has 0 aliphatic heterocycles. The Morgan fingerprint density at radius 1 is 1.21 bits per heavy atom. The van der Waals surface area contributed by atoms with Gasteiger partial charge in [-0.2, -0.15) is 23.5 Å². The number of pyridine rings is 1. The minimum absolute atomic E-state index is 0.0416. The lowest BCUT2D eigenvalue weighted by Crippen LogP contribution is -2.34. The summed E-state index contributed by atoms with van der Waals surface area (Å²) in [7, 11) is 0. The SMILES string of the molecule is CCCC(=O)CC(C)(C)C(F)(F)F.Cc1nn2ccc(C#N)cc2c1C(C)(C)C. The number of alkyl halides is 3. The van der Waals surface area contributed by atoms with E-state index in [2.05, 4.69) is 31.9 Å². The molecule has 0 fully saturated rings. The highest BCUT2D eigenvalue weighted by molar-refractivity contribution is 5.79. The molecule has 7 heteroatoms. The third kappa shape index (κ3) is 6.31. The molecular formula is C22H30F3N3O. The van der Waals surface area contributed by atoms with E-state index in [-0.39, 0.29) is 17.6 Å². The minimum atomic E-state index is -4.30. The smallest absolute Gasteiger partial charge is 0.300 e. The first-order valence-electron chi connectivity index (χ1n) is 9.62. The molecule has 0 amide bonds. The highest BCUT2D eigenvalue weighted by atomic mass is 19.4. The van der Waals surface area contributed by atoms with Gasteiger partial charge in [0.2, 0.25) is 0 Å². The molecule has 0 aliphatic rings. The second-order valence-corrected chi connectivity index (χ2v) is 8.91. The molecule has 2 aromatic heterocycles. The topological polar surface area (TPSA) is 58.2 Å². The van der Waals surface area contributed by atoms with Crippen molar-refractivity contribution in [1.82, 2.24) is 9.61 Å². The zero-order valence-corrected chi connectivity index (χ0v) is 18.2. The number of Topliss-reactive ketones (excluding diaryl/α,β-unsaturated/α-hetero) is 1. The van der Waals surface area contributed by atoms with Crippen LogP contribution < -0.4 is 0 Å². The number of nitrogens with zero attached hydrogens (tertiary/aromatic N) is 3. The van der Waals surface area contributed by atoms with E-state index in [0.29, 0.717) is 12.0 Å². The number of fused-ring (bicyclic) bond motifs is 1. The van der Waals surface area contributed by atoms with Crippen LogP contribution in [0.25, 0.3) is 5.52 Å². The first-order valence-corrected chi connectivity index (χ1v) is 9.62. The van der Waals surface area contributed by atoms with Gasteiger partial charge in [-0.05, 0) is 30.9 Å². The van der Waals surface area contributed by atoms with Gasteiger partial charge in [0.25, 0.3) is 0 Å². The maximum atomic E-state index is 12.3. The van der Waals surface area contributed by atoms with Gasteiger partial charge in [-0.1, -0.05) is 41.5 Å². The molecule has 0 N–H and O–H groups in total. The fourth-order valence-electron chi connectivity index (χ4n) is 3.12. The van der Waals surface area contributed by atoms with Crippen molar-refractivity contribution in [3.63, 3.8) is 0 Å². The molecule has 2 heterocycles. The Morgan fingerprint density at radius 2 is 1.79 bits per heavy atom. The summed E-state index contributed by atoms with van der Waals surface area (Å²) in [5.74, 6) is -0.315. The molecule has 29 heavy (non-hydrogen) atoms. The molecule has 160 valence electrons. The van der Waals surface area contributed by atoms with Crippen molar-refractivity contribution < 1.29 is 18.0 Å². The third-order valence-electron chi connectivity index (χ3n) is 4.62. The van der Waals surface area contributed by atoms with Crippen molar-refractivity contribution in [2.75, 3.05) is 0 Å². The summed E-state index contributed by atoms with van der Waals surface area (Å²) < 4.78 is 38.7. The van der Waals surface area contributed by atoms with Crippen LogP contribution in [0.3, 0.4) is 0 Å². The predicted octanol–water partition coefficient (Wildman–Crippen LogP) is 6.15. The molecule has 0 unspecified atom stereocenters. The molecule has 0 bridgehead atoms. The van der Waals surface area contributed by atoms with E-state index in [9.17, 15) is 18.0 Å². The predicted molar refractivity (Wildman–Crippen MR) is 108 cm³/mol. The van der Waals surface area contributed by atoms with E-state index in [0.717, 1.165) is 25.1 Å². The van der Waals surface area contributed by atoms with Crippen LogP contribution in [0.15, 0.2) is 18.3 Å². The fourth-order valence-corrected chi connectivity index (χ4v) is 3.12. The number of ketones is 1. The monoisotopic (exact) mass is 409 g/mol. The van der Waals surface area contributed by atoms with Gasteiger partial charge < -0.3 is 0 Å². The summed E-state index contributed by atoms with van der Waals surface area (Å²) in [5, 5.41) is 13.4. The number of aromatic nitrogens is 2. The summed E-state index contributed by atoms with van der Waals surface area (Å²) in [6, 6.07) is 5.85. The maximum Gasteiger partial charge on any atom is 0.394 e. The zero-order chi connectivity index (χ0) is 22.6. The molecule has 2 aromatic rings. The van der Waals surface area contributed by atoms with Gasteiger partial charge >= 0.3 is 6.18 Å². The van der Waals surface area contributed by atoms with Crippen LogP contribution in [0, 0.1) is 23.7 Å². The summed E-state index contributed by atoms with van der Waals surface area (Å²) in [5.41, 5.74) is 2.10. The van der Waals surface area contributed by atoms with Crippen LogP contribution in [-0.2, 0) is 10.2 Å². The van der Waals surface area contributed by atoms with Crippen molar-refractivity contribution in [2.45, 2.75) is 79.3 Å². The van der Waals surface area contributed by atoms with Gasteiger partial charge in [0.05, 0.1) is 28.3 Å². The zero-order valence-electron chi connectivity index (χ0n) is 18.2. The largest absolute Gasteiger partial charge is 0.394 e. The van der Waals surface area contributed by atoms with Crippen molar-refractivity contribution >= 4 is 11.3 Å². The fraction of sp³-hybridized carbons (Fsp3) is 0.591. The normalized spacial score (nSPS) is 12.3. The summed E-state index contributed by atoms with van der Waals surface area (Å²) in [6.45, 7) is 12.4. The summed E-state index contributed by atoms with van der Waals surface area (Å²) >= 11 is 0. The summed E-state index contributed by atoms with van der Waals surface area (Å²) in [4.78, 5) is 11.0. The van der Waals surface area contributed by atoms with Gasteiger partial charge in [0.1, 0.15) is 5.78 Å². The van der Waals surface area contributed by atoms with E-state index in [4.69, 9.17) is 5.26 Å². The van der Waals surface area contributed by atoms with Crippen LogP contribution >= 0.6 is 0 Å². The van der Waals surface area contributed by atoms with Crippen molar-refractivity contribution in [1.29, 1.82) is 5.26 Å². The molecule has 0 atom stereocenters. The molecule has 0 aliphatic carbocycles. The van der Waals surface area contributed by atoms with E-state index < -0.39 is 18.0 Å². The van der Waals surface area contributed by atoms with E-state index in [1.807, 2.05) is 23.7 Å². The molecule has 0 aromatic carbocycles. The first-order chi connectivity index (χ1) is 13.1. The van der Waals surface area contributed by atoms with Gasteiger partial charge in [-0.15, -0.1) is 0 Å². The number of nitriles is 1. The number of halogens is 3. The van der Waals surface area contributed by atoms with Crippen molar-refractivity contribution in [2.24, 2.45) is 5.41 Å². The Bertz CT molecular complexity index is 897.